The van der Waals surface area contributed by atoms with Gasteiger partial charge in [-0.3, -0.25) is 11.3 Å². The van der Waals surface area contributed by atoms with Gasteiger partial charge in [-0.2, -0.15) is 0 Å². The number of nitrogens with two attached hydrogens (primary N) is 1. The van der Waals surface area contributed by atoms with Crippen molar-refractivity contribution in [2.45, 2.75) is 19.4 Å². The molecule has 0 radical (unpaired) electrons. The van der Waals surface area contributed by atoms with E-state index in [1.807, 2.05) is 24.3 Å². The van der Waals surface area contributed by atoms with E-state index in [0.717, 1.165) is 10.0 Å². The summed E-state index contributed by atoms with van der Waals surface area (Å²) in [4.78, 5) is 0. The summed E-state index contributed by atoms with van der Waals surface area (Å²) >= 11 is 3.37. The Bertz CT molecular complexity index is 617. The van der Waals surface area contributed by atoms with Crippen molar-refractivity contribution in [2.24, 2.45) is 5.84 Å². The Morgan fingerprint density at radius 2 is 2.00 bits per heavy atom. The number of aryl methyl sites for hydroxylation is 1. The fraction of sp³-hybridized carbons (Fsp3) is 0.200. The Morgan fingerprint density at radius 3 is 2.65 bits per heavy atom. The van der Waals surface area contributed by atoms with Gasteiger partial charge in [0.25, 0.3) is 0 Å². The second-order valence-corrected chi connectivity index (χ2v) is 5.56. The van der Waals surface area contributed by atoms with Crippen molar-refractivity contribution in [2.75, 3.05) is 0 Å². The van der Waals surface area contributed by atoms with Crippen LogP contribution in [0.25, 0.3) is 0 Å². The first-order valence-electron chi connectivity index (χ1n) is 6.18. The molecule has 2 rings (SSSR count). The molecule has 0 saturated carbocycles. The second kappa shape index (κ2) is 6.43. The first-order valence-corrected chi connectivity index (χ1v) is 6.97. The Kier molecular flexibility index (Phi) is 4.86. The predicted octanol–water partition coefficient (Wildman–Crippen LogP) is 3.78. The van der Waals surface area contributed by atoms with E-state index >= 15 is 0 Å². The van der Waals surface area contributed by atoms with Crippen molar-refractivity contribution in [3.8, 4) is 0 Å². The van der Waals surface area contributed by atoms with Crippen LogP contribution in [0.3, 0.4) is 0 Å². The molecular formula is C15H15BrF2N2. The second-order valence-electron chi connectivity index (χ2n) is 4.65. The third kappa shape index (κ3) is 3.23. The zero-order chi connectivity index (χ0) is 14.7. The van der Waals surface area contributed by atoms with Crippen molar-refractivity contribution >= 4 is 15.9 Å². The minimum absolute atomic E-state index is 0.0209. The lowest BCUT2D eigenvalue weighted by Crippen LogP contribution is -2.31. The van der Waals surface area contributed by atoms with Crippen molar-refractivity contribution in [3.63, 3.8) is 0 Å². The third-order valence-electron chi connectivity index (χ3n) is 3.20. The number of halogens is 3. The van der Waals surface area contributed by atoms with E-state index in [4.69, 9.17) is 5.84 Å². The SMILES string of the molecule is Cc1ccc(F)c(C(Cc2cccc(Br)c2)NN)c1F. The van der Waals surface area contributed by atoms with Crippen LogP contribution >= 0.6 is 15.9 Å². The van der Waals surface area contributed by atoms with Gasteiger partial charge in [0.05, 0.1) is 6.04 Å². The standard InChI is InChI=1S/C15H15BrF2N2/c1-9-5-6-12(17)14(15(9)18)13(20-19)8-10-3-2-4-11(16)7-10/h2-7,13,20H,8,19H2,1H3. The monoisotopic (exact) mass is 340 g/mol. The van der Waals surface area contributed by atoms with Gasteiger partial charge in [-0.15, -0.1) is 0 Å². The van der Waals surface area contributed by atoms with E-state index in [0.29, 0.717) is 12.0 Å². The molecular weight excluding hydrogens is 326 g/mol. The molecule has 0 aromatic heterocycles. The maximum atomic E-state index is 14.1. The van der Waals surface area contributed by atoms with Gasteiger partial charge in [0.15, 0.2) is 0 Å². The molecule has 0 aliphatic heterocycles. The summed E-state index contributed by atoms with van der Waals surface area (Å²) in [6, 6.07) is 9.61. The molecule has 3 N–H and O–H groups in total. The van der Waals surface area contributed by atoms with Crippen LogP contribution in [0.15, 0.2) is 40.9 Å². The Morgan fingerprint density at radius 1 is 1.25 bits per heavy atom. The molecule has 0 aliphatic carbocycles. The summed E-state index contributed by atoms with van der Waals surface area (Å²) in [5.41, 5.74) is 3.81. The van der Waals surface area contributed by atoms with Gasteiger partial charge in [0.2, 0.25) is 0 Å². The summed E-state index contributed by atoms with van der Waals surface area (Å²) in [5.74, 6) is 4.34. The lowest BCUT2D eigenvalue weighted by atomic mass is 9.97. The first kappa shape index (κ1) is 15.1. The third-order valence-corrected chi connectivity index (χ3v) is 3.69. The van der Waals surface area contributed by atoms with Crippen molar-refractivity contribution in [3.05, 3.63) is 69.2 Å². The lowest BCUT2D eigenvalue weighted by Gasteiger charge is -2.19. The number of benzene rings is 2. The minimum Gasteiger partial charge on any atom is -0.271 e. The highest BCUT2D eigenvalue weighted by Gasteiger charge is 2.21. The topological polar surface area (TPSA) is 38.0 Å². The van der Waals surface area contributed by atoms with Gasteiger partial charge in [-0.1, -0.05) is 34.1 Å². The van der Waals surface area contributed by atoms with Gasteiger partial charge in [-0.05, 0) is 42.7 Å². The molecule has 0 bridgehead atoms. The fourth-order valence-electron chi connectivity index (χ4n) is 2.14. The van der Waals surface area contributed by atoms with E-state index in [2.05, 4.69) is 21.4 Å². The van der Waals surface area contributed by atoms with E-state index in [1.165, 1.54) is 12.1 Å². The zero-order valence-corrected chi connectivity index (χ0v) is 12.5. The van der Waals surface area contributed by atoms with Crippen LogP contribution in [-0.2, 0) is 6.42 Å². The van der Waals surface area contributed by atoms with Crippen LogP contribution in [0.4, 0.5) is 8.78 Å². The quantitative estimate of drug-likeness (QED) is 0.656. The van der Waals surface area contributed by atoms with E-state index in [1.54, 1.807) is 6.92 Å². The average molecular weight is 341 g/mol. The summed E-state index contributed by atoms with van der Waals surface area (Å²) in [5, 5.41) is 0. The van der Waals surface area contributed by atoms with Crippen LogP contribution in [-0.4, -0.2) is 0 Å². The van der Waals surface area contributed by atoms with Crippen LogP contribution in [0.5, 0.6) is 0 Å². The zero-order valence-electron chi connectivity index (χ0n) is 11.0. The molecule has 0 fully saturated rings. The summed E-state index contributed by atoms with van der Waals surface area (Å²) < 4.78 is 29.0. The number of hydrazine groups is 1. The highest BCUT2D eigenvalue weighted by Crippen LogP contribution is 2.26. The summed E-state index contributed by atoms with van der Waals surface area (Å²) in [7, 11) is 0. The van der Waals surface area contributed by atoms with Gasteiger partial charge in [0, 0.05) is 10.0 Å². The smallest absolute Gasteiger partial charge is 0.133 e. The molecule has 0 spiro atoms. The molecule has 0 heterocycles. The Balaban J connectivity index is 2.36. The maximum absolute atomic E-state index is 14.1. The molecule has 1 atom stereocenters. The Labute approximate surface area is 125 Å². The highest BCUT2D eigenvalue weighted by molar-refractivity contribution is 9.10. The first-order chi connectivity index (χ1) is 9.52. The molecule has 20 heavy (non-hydrogen) atoms. The molecule has 0 amide bonds. The Hall–Kier alpha value is -1.30. The molecule has 2 nitrogen and oxygen atoms in total. The van der Waals surface area contributed by atoms with Gasteiger partial charge < -0.3 is 0 Å². The predicted molar refractivity (Wildman–Crippen MR) is 79.0 cm³/mol. The number of hydrogen-bond acceptors (Lipinski definition) is 2. The van der Waals surface area contributed by atoms with Crippen LogP contribution in [0.2, 0.25) is 0 Å². The highest BCUT2D eigenvalue weighted by atomic mass is 79.9. The number of rotatable bonds is 4. The van der Waals surface area contributed by atoms with E-state index in [-0.39, 0.29) is 5.56 Å². The average Bonchev–Trinajstić information content (AvgIpc) is 2.42. The van der Waals surface area contributed by atoms with E-state index < -0.39 is 17.7 Å². The van der Waals surface area contributed by atoms with Gasteiger partial charge in [-0.25, -0.2) is 8.78 Å². The fourth-order valence-corrected chi connectivity index (χ4v) is 2.59. The normalized spacial score (nSPS) is 12.4. The lowest BCUT2D eigenvalue weighted by molar-refractivity contribution is 0.470. The maximum Gasteiger partial charge on any atom is 0.133 e. The molecule has 2 aromatic rings. The van der Waals surface area contributed by atoms with Crippen molar-refractivity contribution in [1.82, 2.24) is 5.43 Å². The minimum atomic E-state index is -0.621. The largest absolute Gasteiger partial charge is 0.271 e. The summed E-state index contributed by atoms with van der Waals surface area (Å²) in [6.45, 7) is 1.60. The molecule has 5 heteroatoms. The molecule has 1 unspecified atom stereocenters. The molecule has 0 aliphatic rings. The van der Waals surface area contributed by atoms with Crippen molar-refractivity contribution in [1.29, 1.82) is 0 Å². The van der Waals surface area contributed by atoms with Crippen LogP contribution in [0.1, 0.15) is 22.7 Å². The van der Waals surface area contributed by atoms with Crippen LogP contribution < -0.4 is 11.3 Å². The number of hydrogen-bond donors (Lipinski definition) is 2. The molecule has 2 aromatic carbocycles. The molecule has 0 saturated heterocycles. The number of nitrogens with one attached hydrogen (secondary N) is 1. The van der Waals surface area contributed by atoms with Crippen molar-refractivity contribution < 1.29 is 8.78 Å². The molecule has 106 valence electrons. The van der Waals surface area contributed by atoms with Crippen LogP contribution in [0, 0.1) is 18.6 Å². The van der Waals surface area contributed by atoms with Gasteiger partial charge >= 0.3 is 0 Å². The van der Waals surface area contributed by atoms with E-state index in [9.17, 15) is 8.78 Å². The van der Waals surface area contributed by atoms with Gasteiger partial charge in [0.1, 0.15) is 11.6 Å². The summed E-state index contributed by atoms with van der Waals surface area (Å²) in [6.07, 6.45) is 0.396.